The van der Waals surface area contributed by atoms with E-state index in [2.05, 4.69) is 10.2 Å². The van der Waals surface area contributed by atoms with Crippen LogP contribution in [-0.4, -0.2) is 61.3 Å². The first-order chi connectivity index (χ1) is 11.5. The summed E-state index contributed by atoms with van der Waals surface area (Å²) in [7, 11) is 0. The molecule has 1 atom stereocenters. The van der Waals surface area contributed by atoms with Crippen molar-refractivity contribution in [3.05, 3.63) is 42.2 Å². The molecule has 3 rings (SSSR count). The summed E-state index contributed by atoms with van der Waals surface area (Å²) in [6.07, 6.45) is 4.14. The molecule has 1 aromatic heterocycles. The zero-order valence-corrected chi connectivity index (χ0v) is 14.0. The van der Waals surface area contributed by atoms with E-state index in [-0.39, 0.29) is 12.0 Å². The maximum Gasteiger partial charge on any atom is 0.256 e. The number of rotatable bonds is 2. The van der Waals surface area contributed by atoms with Gasteiger partial charge < -0.3 is 15.1 Å². The Morgan fingerprint density at radius 3 is 2.50 bits per heavy atom. The quantitative estimate of drug-likeness (QED) is 0.864. The summed E-state index contributed by atoms with van der Waals surface area (Å²) >= 11 is 0. The number of hydrogen-bond acceptors (Lipinski definition) is 5. The number of para-hydroxylation sites is 1. The zero-order chi connectivity index (χ0) is 17.5. The Morgan fingerprint density at radius 2 is 1.88 bits per heavy atom. The minimum Gasteiger partial charge on any atom is -0.394 e. The largest absolute Gasteiger partial charge is 0.394 e. The molecule has 0 radical (unpaired) electrons. The van der Waals surface area contributed by atoms with Gasteiger partial charge in [0.1, 0.15) is 0 Å². The van der Waals surface area contributed by atoms with Gasteiger partial charge in [0, 0.05) is 19.2 Å². The number of piperidine rings is 1. The lowest BCUT2D eigenvalue weighted by Gasteiger charge is -2.30. The van der Waals surface area contributed by atoms with Crippen LogP contribution in [0.2, 0.25) is 0 Å². The van der Waals surface area contributed by atoms with Crippen LogP contribution in [0.1, 0.15) is 37.0 Å². The van der Waals surface area contributed by atoms with E-state index < -0.39 is 6.10 Å². The van der Waals surface area contributed by atoms with Crippen LogP contribution in [0, 0.1) is 0 Å². The Labute approximate surface area is 141 Å². The SMILES string of the molecule is CC(C)O.O=C(c1ccccc1-n1nccn1)N1CCCC(O)C1. The number of amides is 1. The van der Waals surface area contributed by atoms with Crippen molar-refractivity contribution in [3.63, 3.8) is 0 Å². The van der Waals surface area contributed by atoms with Crippen LogP contribution in [0.25, 0.3) is 5.69 Å². The molecular weight excluding hydrogens is 308 g/mol. The van der Waals surface area contributed by atoms with E-state index in [9.17, 15) is 9.90 Å². The van der Waals surface area contributed by atoms with Gasteiger partial charge >= 0.3 is 0 Å². The van der Waals surface area contributed by atoms with Crippen molar-refractivity contribution in [1.29, 1.82) is 0 Å². The number of hydrogen-bond donors (Lipinski definition) is 2. The van der Waals surface area contributed by atoms with Gasteiger partial charge in [-0.2, -0.15) is 15.0 Å². The summed E-state index contributed by atoms with van der Waals surface area (Å²) in [4.78, 5) is 15.7. The Morgan fingerprint density at radius 1 is 1.25 bits per heavy atom. The molecule has 130 valence electrons. The lowest BCUT2D eigenvalue weighted by molar-refractivity contribution is 0.0473. The molecule has 0 saturated carbocycles. The standard InChI is InChI=1S/C14H16N4O2.C3H8O/c19-11-4-3-9-17(10-11)14(20)12-5-1-2-6-13(12)18-15-7-8-16-18;1-3(2)4/h1-2,5-8,11,19H,3-4,9-10H2;3-4H,1-2H3. The van der Waals surface area contributed by atoms with Crippen molar-refractivity contribution in [3.8, 4) is 5.69 Å². The maximum atomic E-state index is 12.6. The number of carbonyl (C=O) groups excluding carboxylic acids is 1. The Hall–Kier alpha value is -2.25. The van der Waals surface area contributed by atoms with Crippen LogP contribution in [0.4, 0.5) is 0 Å². The molecule has 2 aromatic rings. The van der Waals surface area contributed by atoms with Gasteiger partial charge in [0.25, 0.3) is 5.91 Å². The van der Waals surface area contributed by atoms with Gasteiger partial charge in [-0.15, -0.1) is 0 Å². The number of β-amino-alcohol motifs (C(OH)–C–C–N with tert-alkyl or cyclic N) is 1. The van der Waals surface area contributed by atoms with E-state index in [1.807, 2.05) is 18.2 Å². The van der Waals surface area contributed by atoms with Crippen molar-refractivity contribution in [2.24, 2.45) is 0 Å². The topological polar surface area (TPSA) is 91.5 Å². The number of aromatic nitrogens is 3. The maximum absolute atomic E-state index is 12.6. The Kier molecular flexibility index (Phi) is 6.45. The van der Waals surface area contributed by atoms with Gasteiger partial charge in [-0.25, -0.2) is 0 Å². The summed E-state index contributed by atoms with van der Waals surface area (Å²) in [5.41, 5.74) is 1.21. The van der Waals surface area contributed by atoms with Crippen LogP contribution < -0.4 is 0 Å². The van der Waals surface area contributed by atoms with Gasteiger partial charge in [0.2, 0.25) is 0 Å². The molecule has 1 amide bonds. The molecule has 1 aliphatic heterocycles. The van der Waals surface area contributed by atoms with Crippen LogP contribution in [0.15, 0.2) is 36.7 Å². The monoisotopic (exact) mass is 332 g/mol. The molecule has 7 nitrogen and oxygen atoms in total. The molecule has 1 fully saturated rings. The predicted molar refractivity (Wildman–Crippen MR) is 89.9 cm³/mol. The van der Waals surface area contributed by atoms with Crippen molar-refractivity contribution >= 4 is 5.91 Å². The fraction of sp³-hybridized carbons (Fsp3) is 0.471. The minimum absolute atomic E-state index is 0.0864. The van der Waals surface area contributed by atoms with E-state index >= 15 is 0 Å². The first kappa shape index (κ1) is 18.1. The third-order valence-electron chi connectivity index (χ3n) is 3.45. The molecule has 0 aliphatic carbocycles. The van der Waals surface area contributed by atoms with Crippen LogP contribution >= 0.6 is 0 Å². The summed E-state index contributed by atoms with van der Waals surface area (Å²) in [6, 6.07) is 7.25. The fourth-order valence-corrected chi connectivity index (χ4v) is 2.48. The zero-order valence-electron chi connectivity index (χ0n) is 14.0. The number of aliphatic hydroxyl groups is 2. The molecule has 0 bridgehead atoms. The number of benzene rings is 1. The van der Waals surface area contributed by atoms with Gasteiger partial charge in [-0.05, 0) is 38.8 Å². The summed E-state index contributed by atoms with van der Waals surface area (Å²) < 4.78 is 0. The molecule has 24 heavy (non-hydrogen) atoms. The average Bonchev–Trinajstić information content (AvgIpc) is 3.08. The van der Waals surface area contributed by atoms with E-state index in [1.54, 1.807) is 37.2 Å². The van der Waals surface area contributed by atoms with E-state index in [0.29, 0.717) is 24.3 Å². The average molecular weight is 332 g/mol. The Balaban J connectivity index is 0.000000471. The number of nitrogens with zero attached hydrogens (tertiary/aromatic N) is 4. The highest BCUT2D eigenvalue weighted by atomic mass is 16.3. The second kappa shape index (κ2) is 8.56. The fourth-order valence-electron chi connectivity index (χ4n) is 2.48. The first-order valence-corrected chi connectivity index (χ1v) is 8.10. The summed E-state index contributed by atoms with van der Waals surface area (Å²) in [5, 5.41) is 25.9. The lowest BCUT2D eigenvalue weighted by atomic mass is 10.1. The second-order valence-electron chi connectivity index (χ2n) is 5.98. The van der Waals surface area contributed by atoms with Crippen molar-refractivity contribution in [1.82, 2.24) is 19.9 Å². The van der Waals surface area contributed by atoms with Crippen LogP contribution in [0.3, 0.4) is 0 Å². The van der Waals surface area contributed by atoms with Crippen LogP contribution in [0.5, 0.6) is 0 Å². The van der Waals surface area contributed by atoms with Crippen molar-refractivity contribution in [2.45, 2.75) is 38.9 Å². The lowest BCUT2D eigenvalue weighted by Crippen LogP contribution is -2.42. The molecule has 1 aromatic carbocycles. The molecule has 2 heterocycles. The number of likely N-dealkylation sites (tertiary alicyclic amines) is 1. The predicted octanol–water partition coefficient (Wildman–Crippen LogP) is 1.25. The third-order valence-corrected chi connectivity index (χ3v) is 3.45. The van der Waals surface area contributed by atoms with Gasteiger partial charge in [0.05, 0.1) is 29.7 Å². The van der Waals surface area contributed by atoms with Gasteiger partial charge in [-0.3, -0.25) is 4.79 Å². The normalized spacial score (nSPS) is 17.4. The van der Waals surface area contributed by atoms with Gasteiger partial charge in [0.15, 0.2) is 0 Å². The third kappa shape index (κ3) is 4.87. The minimum atomic E-state index is -0.428. The Bertz CT molecular complexity index is 640. The highest BCUT2D eigenvalue weighted by molar-refractivity contribution is 5.97. The van der Waals surface area contributed by atoms with Gasteiger partial charge in [-0.1, -0.05) is 12.1 Å². The van der Waals surface area contributed by atoms with E-state index in [4.69, 9.17) is 5.11 Å². The molecule has 1 unspecified atom stereocenters. The summed E-state index contributed by atoms with van der Waals surface area (Å²) in [6.45, 7) is 4.51. The first-order valence-electron chi connectivity index (χ1n) is 8.10. The smallest absolute Gasteiger partial charge is 0.256 e. The molecule has 1 saturated heterocycles. The second-order valence-corrected chi connectivity index (χ2v) is 5.98. The molecule has 7 heteroatoms. The van der Waals surface area contributed by atoms with Crippen LogP contribution in [-0.2, 0) is 0 Å². The summed E-state index contributed by atoms with van der Waals surface area (Å²) in [5.74, 6) is -0.0864. The highest BCUT2D eigenvalue weighted by Crippen LogP contribution is 2.18. The number of carbonyl (C=O) groups is 1. The van der Waals surface area contributed by atoms with E-state index in [1.165, 1.54) is 4.80 Å². The highest BCUT2D eigenvalue weighted by Gasteiger charge is 2.25. The molecule has 1 aliphatic rings. The number of aliphatic hydroxyl groups excluding tert-OH is 2. The molecule has 0 spiro atoms. The molecule has 2 N–H and O–H groups in total. The van der Waals surface area contributed by atoms with Crippen molar-refractivity contribution in [2.75, 3.05) is 13.1 Å². The van der Waals surface area contributed by atoms with E-state index in [0.717, 1.165) is 12.8 Å². The van der Waals surface area contributed by atoms with Crippen molar-refractivity contribution < 1.29 is 15.0 Å². The molecular formula is C17H24N4O3.